The highest BCUT2D eigenvalue weighted by atomic mass is 19.4. The van der Waals surface area contributed by atoms with Gasteiger partial charge in [-0.1, -0.05) is 12.1 Å². The molecule has 0 radical (unpaired) electrons. The normalized spacial score (nSPS) is 23.7. The number of piperidine rings is 1. The summed E-state index contributed by atoms with van der Waals surface area (Å²) in [6.45, 7) is 1.45. The van der Waals surface area contributed by atoms with E-state index in [9.17, 15) is 22.4 Å². The van der Waals surface area contributed by atoms with Crippen LogP contribution in [0.25, 0.3) is 0 Å². The van der Waals surface area contributed by atoms with Gasteiger partial charge in [0.05, 0.1) is 13.7 Å². The molecule has 0 saturated carbocycles. The van der Waals surface area contributed by atoms with Crippen molar-refractivity contribution in [1.29, 1.82) is 0 Å². The highest BCUT2D eigenvalue weighted by Crippen LogP contribution is 2.43. The SMILES string of the molecule is COc1cc(C(=O)N2CC[C@@]3(c4cccc(F)c4)OCOC3C2)ccc1OC(C)C(F)(F)F. The van der Waals surface area contributed by atoms with Crippen molar-refractivity contribution in [2.45, 2.75) is 37.3 Å². The maximum Gasteiger partial charge on any atom is 0.425 e. The second-order valence-electron chi connectivity index (χ2n) is 7.99. The van der Waals surface area contributed by atoms with E-state index in [1.54, 1.807) is 17.0 Å². The van der Waals surface area contributed by atoms with Crippen LogP contribution in [0.5, 0.6) is 11.5 Å². The van der Waals surface area contributed by atoms with E-state index >= 15 is 0 Å². The minimum Gasteiger partial charge on any atom is -0.493 e. The van der Waals surface area contributed by atoms with Gasteiger partial charge < -0.3 is 23.8 Å². The Morgan fingerprint density at radius 3 is 2.70 bits per heavy atom. The Hall–Kier alpha value is -2.85. The van der Waals surface area contributed by atoms with E-state index in [0.717, 1.165) is 6.92 Å². The molecule has 2 aliphatic rings. The molecule has 178 valence electrons. The summed E-state index contributed by atoms with van der Waals surface area (Å²) in [4.78, 5) is 14.7. The van der Waals surface area contributed by atoms with Crippen molar-refractivity contribution in [3.05, 3.63) is 59.4 Å². The molecular formula is C23H23F4NO5. The van der Waals surface area contributed by atoms with Crippen LogP contribution in [-0.4, -0.2) is 56.2 Å². The van der Waals surface area contributed by atoms with E-state index < -0.39 is 24.0 Å². The van der Waals surface area contributed by atoms with Crippen LogP contribution in [0.1, 0.15) is 29.3 Å². The number of halogens is 4. The van der Waals surface area contributed by atoms with Crippen molar-refractivity contribution in [3.8, 4) is 11.5 Å². The van der Waals surface area contributed by atoms with Crippen LogP contribution >= 0.6 is 0 Å². The quantitative estimate of drug-likeness (QED) is 0.612. The highest BCUT2D eigenvalue weighted by Gasteiger charge is 2.51. The van der Waals surface area contributed by atoms with Gasteiger partial charge >= 0.3 is 6.18 Å². The number of alkyl halides is 3. The first-order chi connectivity index (χ1) is 15.6. The standard InChI is InChI=1S/C23H23F4NO5/c1-14(23(25,26)27)33-18-7-6-15(10-19(18)30-2)21(29)28-9-8-22(20(12-28)31-13-32-22)16-4-3-5-17(24)11-16/h3-7,10-11,14,20H,8-9,12-13H2,1-2H3/t14?,20?,22-/m0/s1. The van der Waals surface area contributed by atoms with E-state index in [1.165, 1.54) is 37.4 Å². The van der Waals surface area contributed by atoms with Crippen LogP contribution in [0.4, 0.5) is 17.6 Å². The molecule has 0 aliphatic carbocycles. The number of rotatable bonds is 5. The van der Waals surface area contributed by atoms with E-state index in [0.29, 0.717) is 18.5 Å². The summed E-state index contributed by atoms with van der Waals surface area (Å²) in [6, 6.07) is 10.2. The summed E-state index contributed by atoms with van der Waals surface area (Å²) >= 11 is 0. The third-order valence-electron chi connectivity index (χ3n) is 6.02. The van der Waals surface area contributed by atoms with Crippen LogP contribution in [0.3, 0.4) is 0 Å². The third-order valence-corrected chi connectivity index (χ3v) is 6.02. The lowest BCUT2D eigenvalue weighted by Crippen LogP contribution is -2.53. The Morgan fingerprint density at radius 2 is 2.00 bits per heavy atom. The molecule has 4 rings (SSSR count). The minimum absolute atomic E-state index is 0.0171. The molecule has 10 heteroatoms. The second-order valence-corrected chi connectivity index (χ2v) is 7.99. The van der Waals surface area contributed by atoms with Crippen LogP contribution in [-0.2, 0) is 15.1 Å². The Labute approximate surface area is 188 Å². The number of amides is 1. The van der Waals surface area contributed by atoms with Gasteiger partial charge in [0.1, 0.15) is 24.3 Å². The fraction of sp³-hybridized carbons (Fsp3) is 0.435. The topological polar surface area (TPSA) is 57.2 Å². The second kappa shape index (κ2) is 8.83. The van der Waals surface area contributed by atoms with Gasteiger partial charge in [-0.25, -0.2) is 4.39 Å². The molecule has 2 unspecified atom stereocenters. The number of likely N-dealkylation sites (tertiary alicyclic amines) is 1. The molecule has 2 aromatic carbocycles. The fourth-order valence-corrected chi connectivity index (χ4v) is 4.16. The first-order valence-electron chi connectivity index (χ1n) is 10.4. The Morgan fingerprint density at radius 1 is 1.21 bits per heavy atom. The molecule has 0 N–H and O–H groups in total. The summed E-state index contributed by atoms with van der Waals surface area (Å²) in [5, 5.41) is 0. The number of fused-ring (bicyclic) bond motifs is 1. The van der Waals surface area contributed by atoms with E-state index in [-0.39, 0.29) is 42.1 Å². The summed E-state index contributed by atoms with van der Waals surface area (Å²) in [5.74, 6) is -0.824. The predicted octanol–water partition coefficient (Wildman–Crippen LogP) is 4.28. The zero-order valence-electron chi connectivity index (χ0n) is 18.0. The molecule has 3 atom stereocenters. The van der Waals surface area contributed by atoms with Gasteiger partial charge in [-0.2, -0.15) is 13.2 Å². The van der Waals surface area contributed by atoms with Crippen molar-refractivity contribution < 1.29 is 41.3 Å². The van der Waals surface area contributed by atoms with E-state index in [1.807, 2.05) is 0 Å². The first kappa shape index (κ1) is 23.3. The number of hydrogen-bond acceptors (Lipinski definition) is 5. The number of benzene rings is 2. The van der Waals surface area contributed by atoms with Gasteiger partial charge in [0.15, 0.2) is 17.6 Å². The average molecular weight is 469 g/mol. The Kier molecular flexibility index (Phi) is 6.24. The van der Waals surface area contributed by atoms with Crippen molar-refractivity contribution in [1.82, 2.24) is 4.90 Å². The van der Waals surface area contributed by atoms with Crippen LogP contribution in [0, 0.1) is 5.82 Å². The summed E-state index contributed by atoms with van der Waals surface area (Å²) in [5.41, 5.74) is 0.0391. The zero-order chi connectivity index (χ0) is 23.8. The molecule has 0 spiro atoms. The van der Waals surface area contributed by atoms with Crippen molar-refractivity contribution in [2.24, 2.45) is 0 Å². The monoisotopic (exact) mass is 469 g/mol. The fourth-order valence-electron chi connectivity index (χ4n) is 4.16. The van der Waals surface area contributed by atoms with Crippen LogP contribution in [0.15, 0.2) is 42.5 Å². The molecule has 1 amide bonds. The molecule has 2 heterocycles. The highest BCUT2D eigenvalue weighted by molar-refractivity contribution is 5.95. The van der Waals surface area contributed by atoms with Gasteiger partial charge in [0, 0.05) is 18.5 Å². The molecule has 0 bridgehead atoms. The summed E-state index contributed by atoms with van der Waals surface area (Å²) < 4.78 is 74.0. The number of ether oxygens (including phenoxy) is 4. The lowest BCUT2D eigenvalue weighted by molar-refractivity contribution is -0.189. The maximum absolute atomic E-state index is 13.8. The summed E-state index contributed by atoms with van der Waals surface area (Å²) in [6.07, 6.45) is -6.67. The zero-order valence-corrected chi connectivity index (χ0v) is 18.0. The van der Waals surface area contributed by atoms with Gasteiger partial charge in [-0.05, 0) is 42.8 Å². The Bertz CT molecular complexity index is 1030. The number of hydrogen-bond donors (Lipinski definition) is 0. The average Bonchev–Trinajstić information content (AvgIpc) is 3.22. The number of nitrogens with zero attached hydrogens (tertiary/aromatic N) is 1. The molecule has 2 saturated heterocycles. The number of carbonyl (C=O) groups excluding carboxylic acids is 1. The molecular weight excluding hydrogens is 446 g/mol. The van der Waals surface area contributed by atoms with Crippen molar-refractivity contribution in [2.75, 3.05) is 27.0 Å². The van der Waals surface area contributed by atoms with Gasteiger partial charge in [-0.3, -0.25) is 4.79 Å². The van der Waals surface area contributed by atoms with Crippen LogP contribution < -0.4 is 9.47 Å². The van der Waals surface area contributed by atoms with Crippen molar-refractivity contribution >= 4 is 5.91 Å². The maximum atomic E-state index is 13.8. The predicted molar refractivity (Wildman–Crippen MR) is 109 cm³/mol. The van der Waals surface area contributed by atoms with Gasteiger partial charge in [0.2, 0.25) is 0 Å². The molecule has 2 aromatic rings. The first-order valence-corrected chi connectivity index (χ1v) is 10.4. The van der Waals surface area contributed by atoms with Crippen molar-refractivity contribution in [3.63, 3.8) is 0 Å². The number of carbonyl (C=O) groups is 1. The lowest BCUT2D eigenvalue weighted by Gasteiger charge is -2.42. The van der Waals surface area contributed by atoms with Gasteiger partial charge in [-0.15, -0.1) is 0 Å². The van der Waals surface area contributed by atoms with E-state index in [2.05, 4.69) is 0 Å². The number of methoxy groups -OCH3 is 1. The molecule has 2 aliphatic heterocycles. The largest absolute Gasteiger partial charge is 0.493 e. The molecule has 2 fully saturated rings. The van der Waals surface area contributed by atoms with Crippen LogP contribution in [0.2, 0.25) is 0 Å². The Balaban J connectivity index is 1.51. The smallest absolute Gasteiger partial charge is 0.425 e. The van der Waals surface area contributed by atoms with Gasteiger partial charge in [0.25, 0.3) is 5.91 Å². The molecule has 0 aromatic heterocycles. The van der Waals surface area contributed by atoms with E-state index in [4.69, 9.17) is 18.9 Å². The third kappa shape index (κ3) is 4.49. The summed E-state index contributed by atoms with van der Waals surface area (Å²) in [7, 11) is 1.28. The minimum atomic E-state index is -4.54. The molecule has 33 heavy (non-hydrogen) atoms. The molecule has 6 nitrogen and oxygen atoms in total. The lowest BCUT2D eigenvalue weighted by atomic mass is 9.82.